The lowest BCUT2D eigenvalue weighted by molar-refractivity contribution is -0.164. The van der Waals surface area contributed by atoms with Crippen molar-refractivity contribution in [3.8, 4) is 0 Å². The van der Waals surface area contributed by atoms with Crippen LogP contribution in [0.5, 0.6) is 0 Å². The molecular formula is C12H21NO4. The zero-order chi connectivity index (χ0) is 13.1. The van der Waals surface area contributed by atoms with Gasteiger partial charge in [0.15, 0.2) is 0 Å². The zero-order valence-electron chi connectivity index (χ0n) is 10.7. The molecule has 1 heterocycles. The molecule has 0 saturated carbocycles. The average molecular weight is 243 g/mol. The van der Waals surface area contributed by atoms with Crippen LogP contribution in [0.25, 0.3) is 0 Å². The van der Waals surface area contributed by atoms with Crippen molar-refractivity contribution in [2.45, 2.75) is 51.2 Å². The lowest BCUT2D eigenvalue weighted by Gasteiger charge is -2.38. The van der Waals surface area contributed by atoms with Crippen molar-refractivity contribution in [2.75, 3.05) is 13.7 Å². The number of hydrogen-bond acceptors (Lipinski definition) is 3. The minimum Gasteiger partial charge on any atom is -0.480 e. The lowest BCUT2D eigenvalue weighted by atomic mass is 9.96. The SMILES string of the molecule is CCC(C)(OC)C(=O)N1CCCC[C@@H]1C(=O)O. The van der Waals surface area contributed by atoms with Crippen LogP contribution in [0, 0.1) is 0 Å². The fourth-order valence-electron chi connectivity index (χ4n) is 2.12. The van der Waals surface area contributed by atoms with E-state index >= 15 is 0 Å². The number of hydrogen-bond donors (Lipinski definition) is 1. The predicted molar refractivity (Wildman–Crippen MR) is 62.7 cm³/mol. The fourth-order valence-corrected chi connectivity index (χ4v) is 2.12. The molecular weight excluding hydrogens is 222 g/mol. The lowest BCUT2D eigenvalue weighted by Crippen LogP contribution is -2.55. The van der Waals surface area contributed by atoms with Gasteiger partial charge in [-0.25, -0.2) is 4.79 Å². The Kier molecular flexibility index (Phi) is 4.51. The maximum Gasteiger partial charge on any atom is 0.326 e. The third-order valence-corrected chi connectivity index (χ3v) is 3.63. The number of rotatable bonds is 4. The van der Waals surface area contributed by atoms with Crippen molar-refractivity contribution >= 4 is 11.9 Å². The second-order valence-corrected chi connectivity index (χ2v) is 4.64. The highest BCUT2D eigenvalue weighted by molar-refractivity contribution is 5.89. The highest BCUT2D eigenvalue weighted by atomic mass is 16.5. The molecule has 5 nitrogen and oxygen atoms in total. The number of methoxy groups -OCH3 is 1. The molecule has 0 aliphatic carbocycles. The monoisotopic (exact) mass is 243 g/mol. The Balaban J connectivity index is 2.88. The summed E-state index contributed by atoms with van der Waals surface area (Å²) in [5, 5.41) is 9.13. The van der Waals surface area contributed by atoms with Gasteiger partial charge in [0.2, 0.25) is 0 Å². The Morgan fingerprint density at radius 1 is 1.47 bits per heavy atom. The number of piperidine rings is 1. The van der Waals surface area contributed by atoms with Crippen LogP contribution in [-0.2, 0) is 14.3 Å². The first-order chi connectivity index (χ1) is 7.96. The average Bonchev–Trinajstić information content (AvgIpc) is 2.36. The van der Waals surface area contributed by atoms with Crippen molar-refractivity contribution in [1.82, 2.24) is 4.90 Å². The first kappa shape index (κ1) is 14.0. The molecule has 1 N–H and O–H groups in total. The largest absolute Gasteiger partial charge is 0.480 e. The third kappa shape index (κ3) is 2.77. The minimum absolute atomic E-state index is 0.213. The quantitative estimate of drug-likeness (QED) is 0.807. The van der Waals surface area contributed by atoms with Crippen LogP contribution in [0.15, 0.2) is 0 Å². The standard InChI is InChI=1S/C12H21NO4/c1-4-12(2,17-3)11(16)13-8-6-5-7-9(13)10(14)15/h9H,4-8H2,1-3H3,(H,14,15)/t9-,12?/m1/s1. The number of likely N-dealkylation sites (tertiary alicyclic amines) is 1. The van der Waals surface area contributed by atoms with E-state index in [1.165, 1.54) is 12.0 Å². The molecule has 0 aromatic rings. The molecule has 0 radical (unpaired) electrons. The molecule has 5 heteroatoms. The maximum absolute atomic E-state index is 12.3. The molecule has 2 atom stereocenters. The van der Waals surface area contributed by atoms with Crippen molar-refractivity contribution in [2.24, 2.45) is 0 Å². The van der Waals surface area contributed by atoms with Crippen molar-refractivity contribution in [3.63, 3.8) is 0 Å². The van der Waals surface area contributed by atoms with Gasteiger partial charge in [0, 0.05) is 13.7 Å². The Morgan fingerprint density at radius 2 is 2.12 bits per heavy atom. The highest BCUT2D eigenvalue weighted by Gasteiger charge is 2.41. The predicted octanol–water partition coefficient (Wildman–Crippen LogP) is 1.27. The molecule has 98 valence electrons. The summed E-state index contributed by atoms with van der Waals surface area (Å²) in [4.78, 5) is 24.9. The first-order valence-electron chi connectivity index (χ1n) is 6.05. The van der Waals surface area contributed by atoms with Crippen LogP contribution >= 0.6 is 0 Å². The molecule has 1 fully saturated rings. The summed E-state index contributed by atoms with van der Waals surface area (Å²) in [5.41, 5.74) is -0.912. The van der Waals surface area contributed by atoms with Gasteiger partial charge in [-0.15, -0.1) is 0 Å². The molecule has 0 aromatic heterocycles. The molecule has 1 aliphatic rings. The van der Waals surface area contributed by atoms with Crippen molar-refractivity contribution in [1.29, 1.82) is 0 Å². The number of carbonyl (C=O) groups is 2. The number of nitrogens with zero attached hydrogens (tertiary/aromatic N) is 1. The zero-order valence-corrected chi connectivity index (χ0v) is 10.7. The summed E-state index contributed by atoms with van der Waals surface area (Å²) in [6.07, 6.45) is 2.78. The van der Waals surface area contributed by atoms with Gasteiger partial charge in [-0.1, -0.05) is 6.92 Å². The van der Waals surface area contributed by atoms with E-state index in [1.807, 2.05) is 6.92 Å². The van der Waals surface area contributed by atoms with Gasteiger partial charge in [-0.2, -0.15) is 0 Å². The second kappa shape index (κ2) is 5.49. The van der Waals surface area contributed by atoms with Crippen LogP contribution in [0.1, 0.15) is 39.5 Å². The Bertz CT molecular complexity index is 299. The number of aliphatic carboxylic acids is 1. The molecule has 1 rings (SSSR count). The van der Waals surface area contributed by atoms with Crippen LogP contribution < -0.4 is 0 Å². The minimum atomic E-state index is -0.924. The first-order valence-corrected chi connectivity index (χ1v) is 6.05. The summed E-state index contributed by atoms with van der Waals surface area (Å²) >= 11 is 0. The number of amides is 1. The topological polar surface area (TPSA) is 66.8 Å². The van der Waals surface area contributed by atoms with E-state index in [4.69, 9.17) is 9.84 Å². The number of carboxylic acids is 1. The Morgan fingerprint density at radius 3 is 2.59 bits per heavy atom. The van der Waals surface area contributed by atoms with Crippen molar-refractivity contribution < 1.29 is 19.4 Å². The Hall–Kier alpha value is -1.10. The normalized spacial score (nSPS) is 24.2. The van der Waals surface area contributed by atoms with E-state index < -0.39 is 17.6 Å². The molecule has 0 spiro atoms. The van der Waals surface area contributed by atoms with Gasteiger partial charge < -0.3 is 14.7 Å². The van der Waals surface area contributed by atoms with E-state index in [0.717, 1.165) is 12.8 Å². The van der Waals surface area contributed by atoms with E-state index in [0.29, 0.717) is 19.4 Å². The smallest absolute Gasteiger partial charge is 0.326 e. The third-order valence-electron chi connectivity index (χ3n) is 3.63. The summed E-state index contributed by atoms with van der Waals surface area (Å²) < 4.78 is 5.25. The molecule has 0 aromatic carbocycles. The van der Waals surface area contributed by atoms with E-state index in [9.17, 15) is 9.59 Å². The molecule has 1 unspecified atom stereocenters. The highest BCUT2D eigenvalue weighted by Crippen LogP contribution is 2.24. The van der Waals surface area contributed by atoms with Crippen LogP contribution in [-0.4, -0.2) is 47.2 Å². The van der Waals surface area contributed by atoms with E-state index in [-0.39, 0.29) is 5.91 Å². The molecule has 1 amide bonds. The van der Waals surface area contributed by atoms with Gasteiger partial charge in [0.25, 0.3) is 5.91 Å². The van der Waals surface area contributed by atoms with Crippen LogP contribution in [0.2, 0.25) is 0 Å². The fraction of sp³-hybridized carbons (Fsp3) is 0.833. The molecule has 1 saturated heterocycles. The summed E-state index contributed by atoms with van der Waals surface area (Å²) in [6, 6.07) is -0.697. The maximum atomic E-state index is 12.3. The second-order valence-electron chi connectivity index (χ2n) is 4.64. The van der Waals surface area contributed by atoms with Crippen molar-refractivity contribution in [3.05, 3.63) is 0 Å². The summed E-state index contributed by atoms with van der Waals surface area (Å²) in [6.45, 7) is 4.08. The van der Waals surface area contributed by atoms with E-state index in [1.54, 1.807) is 6.92 Å². The van der Waals surface area contributed by atoms with E-state index in [2.05, 4.69) is 0 Å². The Labute approximate surface area is 102 Å². The molecule has 1 aliphatic heterocycles. The molecule has 17 heavy (non-hydrogen) atoms. The summed E-state index contributed by atoms with van der Waals surface area (Å²) in [7, 11) is 1.49. The van der Waals surface area contributed by atoms with Gasteiger partial charge in [0.1, 0.15) is 11.6 Å². The summed E-state index contributed by atoms with van der Waals surface area (Å²) in [5.74, 6) is -1.14. The van der Waals surface area contributed by atoms with Gasteiger partial charge in [-0.05, 0) is 32.6 Å². The van der Waals surface area contributed by atoms with Crippen LogP contribution in [0.3, 0.4) is 0 Å². The van der Waals surface area contributed by atoms with Gasteiger partial charge in [0.05, 0.1) is 0 Å². The number of carbonyl (C=O) groups excluding carboxylic acids is 1. The van der Waals surface area contributed by atoms with Crippen LogP contribution in [0.4, 0.5) is 0 Å². The molecule has 0 bridgehead atoms. The number of ether oxygens (including phenoxy) is 1. The van der Waals surface area contributed by atoms with Gasteiger partial charge >= 0.3 is 5.97 Å². The van der Waals surface area contributed by atoms with Gasteiger partial charge in [-0.3, -0.25) is 4.79 Å². The number of carboxylic acid groups (broad SMARTS) is 1.